The fourth-order valence-corrected chi connectivity index (χ4v) is 9.35. The molecule has 2 atom stereocenters. The van der Waals surface area contributed by atoms with Crippen LogP contribution in [0, 0.1) is 0 Å². The molecule has 1 aliphatic heterocycles. The molecule has 55 heavy (non-hydrogen) atoms. The lowest BCUT2D eigenvalue weighted by Crippen LogP contribution is -2.26. The molecule has 1 aliphatic rings. The summed E-state index contributed by atoms with van der Waals surface area (Å²) in [4.78, 5) is 17.7. The van der Waals surface area contributed by atoms with Gasteiger partial charge in [0.1, 0.15) is 28.9 Å². The Labute approximate surface area is 341 Å². The summed E-state index contributed by atoms with van der Waals surface area (Å²) in [6, 6.07) is 19.6. The predicted octanol–water partition coefficient (Wildman–Crippen LogP) is 10.1. The molecule has 4 heterocycles. The van der Waals surface area contributed by atoms with Gasteiger partial charge in [-0.2, -0.15) is 23.8 Å². The normalized spacial score (nSPS) is 14.2. The first kappa shape index (κ1) is 39.2. The van der Waals surface area contributed by atoms with Crippen LogP contribution in [0.3, 0.4) is 0 Å². The molecule has 0 saturated heterocycles. The smallest absolute Gasteiger partial charge is 0.306 e. The van der Waals surface area contributed by atoms with Crippen LogP contribution in [0.4, 0.5) is 49.1 Å². The molecule has 11 nitrogen and oxygen atoms in total. The number of alkyl halides is 2. The molecule has 18 heteroatoms. The quantitative estimate of drug-likeness (QED) is 0.0737. The number of halogens is 5. The summed E-state index contributed by atoms with van der Waals surface area (Å²) in [5.74, 6) is -1.75. The number of benzene rings is 3. The van der Waals surface area contributed by atoms with Gasteiger partial charge >= 0.3 is 5.92 Å². The average Bonchev–Trinajstić information content (AvgIpc) is 3.51. The van der Waals surface area contributed by atoms with Crippen LogP contribution < -0.4 is 36.6 Å². The third-order valence-corrected chi connectivity index (χ3v) is 14.0. The van der Waals surface area contributed by atoms with Gasteiger partial charge in [-0.1, -0.05) is 44.3 Å². The molecule has 284 valence electrons. The maximum absolute atomic E-state index is 15.5. The summed E-state index contributed by atoms with van der Waals surface area (Å²) in [6.45, 7) is 7.89. The lowest BCUT2D eigenvalue weighted by Gasteiger charge is -2.26. The highest BCUT2D eigenvalue weighted by Crippen LogP contribution is 2.48. The summed E-state index contributed by atoms with van der Waals surface area (Å²) in [5, 5.41) is 19.7. The first-order valence-electron chi connectivity index (χ1n) is 16.9. The molecule has 0 saturated carbocycles. The maximum Gasteiger partial charge on any atom is 0.306 e. The maximum atomic E-state index is 15.5. The van der Waals surface area contributed by atoms with E-state index in [0.717, 1.165) is 16.7 Å². The van der Waals surface area contributed by atoms with Gasteiger partial charge in [-0.05, 0) is 102 Å². The third-order valence-electron chi connectivity index (χ3n) is 8.92. The Kier molecular flexibility index (Phi) is 11.6. The van der Waals surface area contributed by atoms with Crippen molar-refractivity contribution in [3.8, 4) is 16.9 Å². The molecule has 4 N–H and O–H groups in total. The van der Waals surface area contributed by atoms with Gasteiger partial charge in [-0.3, -0.25) is 4.68 Å². The van der Waals surface area contributed by atoms with Gasteiger partial charge in [0, 0.05) is 59.0 Å². The van der Waals surface area contributed by atoms with Crippen molar-refractivity contribution in [3.63, 3.8) is 0 Å². The second kappa shape index (κ2) is 16.2. The monoisotopic (exact) mass is 928 g/mol. The van der Waals surface area contributed by atoms with Crippen LogP contribution in [0.15, 0.2) is 88.2 Å². The summed E-state index contributed by atoms with van der Waals surface area (Å²) in [6.07, 6.45) is 4.71. The first-order chi connectivity index (χ1) is 26.3. The zero-order valence-electron chi connectivity index (χ0n) is 30.2. The van der Waals surface area contributed by atoms with E-state index in [9.17, 15) is 0 Å². The second-order valence-electron chi connectivity index (χ2n) is 12.8. The Hall–Kier alpha value is -4.00. The van der Waals surface area contributed by atoms with Crippen LogP contribution in [0.25, 0.3) is 11.1 Å². The number of nitrogens with zero attached hydrogens (tertiary/aromatic N) is 6. The van der Waals surface area contributed by atoms with Gasteiger partial charge in [-0.25, -0.2) is 9.97 Å². The van der Waals surface area contributed by atoms with Crippen molar-refractivity contribution < 1.29 is 13.5 Å². The van der Waals surface area contributed by atoms with Gasteiger partial charge in [0.2, 0.25) is 11.2 Å². The van der Waals surface area contributed by atoms with E-state index in [4.69, 9.17) is 21.3 Å². The molecule has 0 bridgehead atoms. The van der Waals surface area contributed by atoms with Crippen molar-refractivity contribution in [2.24, 2.45) is 7.05 Å². The summed E-state index contributed by atoms with van der Waals surface area (Å²) in [7, 11) is 0.141. The minimum Gasteiger partial charge on any atom is -0.484 e. The standard InChI is InChI=1S/C37H35Br2ClF2N10OP2/c1-20(55(5)31-13-9-7-11-26(31)48-33-23(38)17-43-35(40)50-33)53-29-15-27-21(22-16-46-52(2)32(22)37(41,42)19-45-27)14-28(29)49-36-44-18-24(39)34(51-36)47-25-10-6-8-12-30(25)54(3)4/h6-18,20,45H,19H2,1-5H3,(H,43,48,50)(H2,44,47,49,51). The van der Waals surface area contributed by atoms with E-state index >= 15 is 8.78 Å². The fourth-order valence-electron chi connectivity index (χ4n) is 6.14. The Morgan fingerprint density at radius 3 is 2.20 bits per heavy atom. The van der Waals surface area contributed by atoms with E-state index < -0.39 is 28.3 Å². The minimum atomic E-state index is -3.18. The largest absolute Gasteiger partial charge is 0.484 e. The van der Waals surface area contributed by atoms with Crippen molar-refractivity contribution in [2.75, 3.05) is 47.8 Å². The molecule has 0 radical (unpaired) electrons. The van der Waals surface area contributed by atoms with Crippen LogP contribution in [0.1, 0.15) is 12.6 Å². The van der Waals surface area contributed by atoms with Crippen molar-refractivity contribution in [1.29, 1.82) is 0 Å². The molecular formula is C37H35Br2ClF2N10OP2. The molecule has 7 rings (SSSR count). The Morgan fingerprint density at radius 2 is 1.49 bits per heavy atom. The molecular weight excluding hydrogens is 896 g/mol. The van der Waals surface area contributed by atoms with E-state index in [0.29, 0.717) is 48.8 Å². The van der Waals surface area contributed by atoms with Crippen LogP contribution in [-0.4, -0.2) is 62.1 Å². The minimum absolute atomic E-state index is 0.116. The highest BCUT2D eigenvalue weighted by Gasteiger charge is 2.41. The summed E-state index contributed by atoms with van der Waals surface area (Å²) in [5.41, 5.74) is 3.42. The number of aromatic nitrogens is 6. The lowest BCUT2D eigenvalue weighted by molar-refractivity contribution is 0.00329. The Balaban J connectivity index is 1.26. The number of ether oxygens (including phenoxy) is 1. The Morgan fingerprint density at radius 1 is 0.855 bits per heavy atom. The SMILES string of the molecule is CC(Oc1cc2c(cc1Nc1ncc(Br)c(Nc3ccccc3P(C)C)n1)-c1cnn(C)c1C(F)(F)CN2)P(C)c1ccccc1Nc1nc(Cl)ncc1Br. The zero-order valence-corrected chi connectivity index (χ0v) is 35.9. The molecule has 0 amide bonds. The summed E-state index contributed by atoms with van der Waals surface area (Å²) >= 11 is 13.2. The Bertz CT molecular complexity index is 2390. The third kappa shape index (κ3) is 8.42. The molecule has 0 fully saturated rings. The van der Waals surface area contributed by atoms with E-state index in [1.165, 1.54) is 23.2 Å². The van der Waals surface area contributed by atoms with Crippen molar-refractivity contribution in [3.05, 3.63) is 99.2 Å². The molecule has 3 aromatic heterocycles. The number of nitrogens with one attached hydrogen (secondary N) is 4. The molecule has 2 unspecified atom stereocenters. The topological polar surface area (TPSA) is 127 Å². The molecule has 0 aliphatic carbocycles. The zero-order chi connectivity index (χ0) is 39.0. The molecule has 3 aromatic carbocycles. The fraction of sp³-hybridized carbons (Fsp3) is 0.216. The number of fused-ring (bicyclic) bond motifs is 3. The van der Waals surface area contributed by atoms with E-state index in [-0.39, 0.29) is 22.8 Å². The average molecular weight is 931 g/mol. The van der Waals surface area contributed by atoms with Crippen LogP contribution in [0.2, 0.25) is 5.28 Å². The van der Waals surface area contributed by atoms with E-state index in [1.807, 2.05) is 49.4 Å². The van der Waals surface area contributed by atoms with Gasteiger partial charge in [0.05, 0.1) is 27.4 Å². The van der Waals surface area contributed by atoms with E-state index in [1.54, 1.807) is 24.5 Å². The van der Waals surface area contributed by atoms with Crippen LogP contribution >= 0.6 is 59.3 Å². The predicted molar refractivity (Wildman–Crippen MR) is 229 cm³/mol. The first-order valence-corrected chi connectivity index (χ1v) is 22.9. The van der Waals surface area contributed by atoms with Crippen molar-refractivity contribution >= 4 is 110 Å². The van der Waals surface area contributed by atoms with E-state index in [2.05, 4.69) is 99.2 Å². The number of aryl methyl sites for hydroxylation is 1. The van der Waals surface area contributed by atoms with Crippen LogP contribution in [-0.2, 0) is 13.0 Å². The van der Waals surface area contributed by atoms with Gasteiger partial charge in [0.25, 0.3) is 0 Å². The number of anilines is 7. The number of hydrogen-bond donors (Lipinski definition) is 4. The number of rotatable bonds is 11. The number of hydrogen-bond acceptors (Lipinski definition) is 10. The summed E-state index contributed by atoms with van der Waals surface area (Å²) < 4.78 is 40.4. The lowest BCUT2D eigenvalue weighted by atomic mass is 10.0. The van der Waals surface area contributed by atoms with Crippen molar-refractivity contribution in [1.82, 2.24) is 29.7 Å². The number of para-hydroxylation sites is 2. The highest BCUT2D eigenvalue weighted by molar-refractivity contribution is 9.11. The van der Waals surface area contributed by atoms with Crippen LogP contribution in [0.5, 0.6) is 5.75 Å². The van der Waals surface area contributed by atoms with Gasteiger partial charge in [0.15, 0.2) is 0 Å². The second-order valence-corrected chi connectivity index (χ2v) is 19.6. The van der Waals surface area contributed by atoms with Crippen molar-refractivity contribution in [2.45, 2.75) is 18.7 Å². The molecule has 6 aromatic rings. The van der Waals surface area contributed by atoms with Gasteiger partial charge < -0.3 is 26.0 Å². The highest BCUT2D eigenvalue weighted by atomic mass is 79.9. The molecule has 0 spiro atoms. The van der Waals surface area contributed by atoms with Gasteiger partial charge in [-0.15, -0.1) is 0 Å².